The van der Waals surface area contributed by atoms with Crippen molar-refractivity contribution in [1.29, 1.82) is 0 Å². The molecule has 0 saturated carbocycles. The molecule has 21 heavy (non-hydrogen) atoms. The number of benzene rings is 1. The SMILES string of the molecule is CC1CC(=O)C(C(=O)NS(=O)(=O)c2ccccc2)C(=O)N1. The number of carbonyl (C=O) groups excluding carboxylic acids is 3. The van der Waals surface area contributed by atoms with Crippen molar-refractivity contribution in [2.45, 2.75) is 24.3 Å². The fourth-order valence-electron chi connectivity index (χ4n) is 2.06. The van der Waals surface area contributed by atoms with E-state index in [0.717, 1.165) is 0 Å². The van der Waals surface area contributed by atoms with Crippen molar-refractivity contribution in [3.63, 3.8) is 0 Å². The molecule has 2 amide bonds. The van der Waals surface area contributed by atoms with Crippen LogP contribution in [-0.4, -0.2) is 32.1 Å². The Labute approximate surface area is 121 Å². The molecule has 0 bridgehead atoms. The van der Waals surface area contributed by atoms with Crippen LogP contribution in [0, 0.1) is 5.92 Å². The fraction of sp³-hybridized carbons (Fsp3) is 0.308. The van der Waals surface area contributed by atoms with Crippen LogP contribution < -0.4 is 10.0 Å². The normalized spacial score (nSPS) is 22.5. The summed E-state index contributed by atoms with van der Waals surface area (Å²) >= 11 is 0. The minimum atomic E-state index is -4.10. The van der Waals surface area contributed by atoms with Crippen LogP contribution in [0.5, 0.6) is 0 Å². The molecule has 112 valence electrons. The van der Waals surface area contributed by atoms with Crippen LogP contribution in [0.4, 0.5) is 0 Å². The molecular formula is C13H14N2O5S. The molecule has 2 atom stereocenters. The van der Waals surface area contributed by atoms with Crippen molar-refractivity contribution in [2.75, 3.05) is 0 Å². The van der Waals surface area contributed by atoms with Crippen LogP contribution in [0.15, 0.2) is 35.2 Å². The van der Waals surface area contributed by atoms with Crippen molar-refractivity contribution in [3.8, 4) is 0 Å². The summed E-state index contributed by atoms with van der Waals surface area (Å²) in [6.45, 7) is 1.63. The number of carbonyl (C=O) groups is 3. The number of ketones is 1. The lowest BCUT2D eigenvalue weighted by molar-refractivity contribution is -0.144. The van der Waals surface area contributed by atoms with Crippen molar-refractivity contribution < 1.29 is 22.8 Å². The Morgan fingerprint density at radius 2 is 1.86 bits per heavy atom. The van der Waals surface area contributed by atoms with Gasteiger partial charge in [0.2, 0.25) is 5.91 Å². The minimum Gasteiger partial charge on any atom is -0.352 e. The summed E-state index contributed by atoms with van der Waals surface area (Å²) in [5.74, 6) is -4.13. The first kappa shape index (κ1) is 15.2. The van der Waals surface area contributed by atoms with Gasteiger partial charge in [-0.05, 0) is 19.1 Å². The summed E-state index contributed by atoms with van der Waals surface area (Å²) in [6.07, 6.45) is -0.00475. The molecule has 2 rings (SSSR count). The zero-order chi connectivity index (χ0) is 15.6. The predicted octanol–water partition coefficient (Wildman–Crippen LogP) is -0.415. The van der Waals surface area contributed by atoms with Gasteiger partial charge in [-0.15, -0.1) is 0 Å². The summed E-state index contributed by atoms with van der Waals surface area (Å²) in [7, 11) is -4.10. The third-order valence-electron chi connectivity index (χ3n) is 3.03. The molecule has 1 saturated heterocycles. The van der Waals surface area contributed by atoms with Gasteiger partial charge in [-0.3, -0.25) is 14.4 Å². The highest BCUT2D eigenvalue weighted by Gasteiger charge is 2.40. The summed E-state index contributed by atoms with van der Waals surface area (Å²) in [5.41, 5.74) is 0. The monoisotopic (exact) mass is 310 g/mol. The molecule has 0 aromatic heterocycles. The zero-order valence-corrected chi connectivity index (χ0v) is 12.0. The number of hydrogen-bond acceptors (Lipinski definition) is 5. The number of Topliss-reactive ketones (excluding diaryl/α,β-unsaturated/α-hetero) is 1. The summed E-state index contributed by atoms with van der Waals surface area (Å²) < 4.78 is 25.7. The molecule has 2 unspecified atom stereocenters. The summed E-state index contributed by atoms with van der Waals surface area (Å²) in [5, 5.41) is 2.45. The zero-order valence-electron chi connectivity index (χ0n) is 11.2. The Bertz CT molecular complexity index is 666. The van der Waals surface area contributed by atoms with Gasteiger partial charge < -0.3 is 5.32 Å². The number of nitrogens with one attached hydrogen (secondary N) is 2. The Kier molecular flexibility index (Phi) is 4.08. The van der Waals surface area contributed by atoms with Crippen LogP contribution in [0.3, 0.4) is 0 Å². The van der Waals surface area contributed by atoms with E-state index < -0.39 is 33.5 Å². The Hall–Kier alpha value is -2.22. The van der Waals surface area contributed by atoms with Crippen molar-refractivity contribution >= 4 is 27.6 Å². The largest absolute Gasteiger partial charge is 0.352 e. The molecule has 1 aliphatic rings. The molecule has 0 aliphatic carbocycles. The topological polar surface area (TPSA) is 109 Å². The molecular weight excluding hydrogens is 296 g/mol. The maximum Gasteiger partial charge on any atom is 0.264 e. The number of amides is 2. The van der Waals surface area contributed by atoms with Gasteiger partial charge in [0.05, 0.1) is 4.90 Å². The van der Waals surface area contributed by atoms with Gasteiger partial charge in [-0.25, -0.2) is 13.1 Å². The van der Waals surface area contributed by atoms with E-state index in [9.17, 15) is 22.8 Å². The van der Waals surface area contributed by atoms with Gasteiger partial charge in [0.1, 0.15) is 0 Å². The van der Waals surface area contributed by atoms with Crippen molar-refractivity contribution in [3.05, 3.63) is 30.3 Å². The number of sulfonamides is 1. The average Bonchev–Trinajstić information content (AvgIpc) is 2.37. The second-order valence-corrected chi connectivity index (χ2v) is 6.48. The lowest BCUT2D eigenvalue weighted by Gasteiger charge is -2.24. The standard InChI is InChI=1S/C13H14N2O5S/c1-8-7-10(16)11(12(17)14-8)13(18)15-21(19,20)9-5-3-2-4-6-9/h2-6,8,11H,7H2,1H3,(H,14,17)(H,15,18). The maximum atomic E-state index is 12.0. The molecule has 1 fully saturated rings. The van der Waals surface area contributed by atoms with Gasteiger partial charge in [0, 0.05) is 12.5 Å². The average molecular weight is 310 g/mol. The minimum absolute atomic E-state index is 0.00475. The third-order valence-corrected chi connectivity index (χ3v) is 4.39. The quantitative estimate of drug-likeness (QED) is 0.737. The lowest BCUT2D eigenvalue weighted by atomic mass is 9.93. The predicted molar refractivity (Wildman–Crippen MR) is 72.5 cm³/mol. The number of hydrogen-bond donors (Lipinski definition) is 2. The van der Waals surface area contributed by atoms with Gasteiger partial charge in [0.25, 0.3) is 15.9 Å². The van der Waals surface area contributed by atoms with Crippen LogP contribution in [0.2, 0.25) is 0 Å². The van der Waals surface area contributed by atoms with Gasteiger partial charge in [-0.2, -0.15) is 0 Å². The third kappa shape index (κ3) is 3.27. The van der Waals surface area contributed by atoms with Crippen LogP contribution in [0.1, 0.15) is 13.3 Å². The van der Waals surface area contributed by atoms with E-state index in [-0.39, 0.29) is 17.4 Å². The first-order valence-corrected chi connectivity index (χ1v) is 7.74. The first-order chi connectivity index (χ1) is 9.81. The highest BCUT2D eigenvalue weighted by atomic mass is 32.2. The second-order valence-electron chi connectivity index (χ2n) is 4.80. The van der Waals surface area contributed by atoms with E-state index in [0.29, 0.717) is 0 Å². The van der Waals surface area contributed by atoms with Crippen LogP contribution >= 0.6 is 0 Å². The molecule has 1 aliphatic heterocycles. The highest BCUT2D eigenvalue weighted by Crippen LogP contribution is 2.14. The Morgan fingerprint density at radius 3 is 2.43 bits per heavy atom. The van der Waals surface area contributed by atoms with Crippen LogP contribution in [0.25, 0.3) is 0 Å². The van der Waals surface area contributed by atoms with E-state index in [1.54, 1.807) is 17.7 Å². The lowest BCUT2D eigenvalue weighted by Crippen LogP contribution is -2.54. The molecule has 1 heterocycles. The number of rotatable bonds is 3. The molecule has 0 radical (unpaired) electrons. The summed E-state index contributed by atoms with van der Waals surface area (Å²) in [6, 6.07) is 6.87. The highest BCUT2D eigenvalue weighted by molar-refractivity contribution is 7.90. The van der Waals surface area contributed by atoms with E-state index in [2.05, 4.69) is 5.32 Å². The van der Waals surface area contributed by atoms with E-state index in [1.807, 2.05) is 0 Å². The van der Waals surface area contributed by atoms with Crippen molar-refractivity contribution in [2.24, 2.45) is 5.92 Å². The molecule has 0 spiro atoms. The Morgan fingerprint density at radius 1 is 1.24 bits per heavy atom. The molecule has 7 nitrogen and oxygen atoms in total. The van der Waals surface area contributed by atoms with E-state index >= 15 is 0 Å². The van der Waals surface area contributed by atoms with Gasteiger partial charge >= 0.3 is 0 Å². The Balaban J connectivity index is 2.18. The fourth-order valence-corrected chi connectivity index (χ4v) is 3.07. The summed E-state index contributed by atoms with van der Waals surface area (Å²) in [4.78, 5) is 35.3. The van der Waals surface area contributed by atoms with Gasteiger partial charge in [-0.1, -0.05) is 18.2 Å². The van der Waals surface area contributed by atoms with Crippen molar-refractivity contribution in [1.82, 2.24) is 10.0 Å². The van der Waals surface area contributed by atoms with Crippen LogP contribution in [-0.2, 0) is 24.4 Å². The number of piperidine rings is 1. The second kappa shape index (κ2) is 5.65. The molecule has 1 aromatic carbocycles. The molecule has 1 aromatic rings. The maximum absolute atomic E-state index is 12.0. The van der Waals surface area contributed by atoms with E-state index in [1.165, 1.54) is 24.3 Å². The first-order valence-electron chi connectivity index (χ1n) is 6.26. The molecule has 2 N–H and O–H groups in total. The molecule has 8 heteroatoms. The smallest absolute Gasteiger partial charge is 0.264 e. The van der Waals surface area contributed by atoms with E-state index in [4.69, 9.17) is 0 Å². The van der Waals surface area contributed by atoms with Gasteiger partial charge in [0.15, 0.2) is 11.7 Å².